The Balaban J connectivity index is 1.63. The number of aryl methyl sites for hydroxylation is 1. The molecule has 0 spiro atoms. The van der Waals surface area contributed by atoms with E-state index in [2.05, 4.69) is 15.3 Å². The summed E-state index contributed by atoms with van der Waals surface area (Å²) >= 11 is 0. The number of carbonyl (C=O) groups excluding carboxylic acids is 1. The topological polar surface area (TPSA) is 78.4 Å². The first kappa shape index (κ1) is 25.9. The zero-order valence-corrected chi connectivity index (χ0v) is 20.9. The average Bonchev–Trinajstić information content (AvgIpc) is 2.83. The molecule has 1 aliphatic rings. The highest BCUT2D eigenvalue weighted by molar-refractivity contribution is 5.90. The molecule has 9 heteroatoms. The molecule has 2 N–H and O–H groups in total. The Hall–Kier alpha value is -3.20. The van der Waals surface area contributed by atoms with Crippen LogP contribution in [-0.4, -0.2) is 40.0 Å². The predicted molar refractivity (Wildman–Crippen MR) is 132 cm³/mol. The predicted octanol–water partition coefficient (Wildman–Crippen LogP) is 5.60. The third kappa shape index (κ3) is 5.31. The van der Waals surface area contributed by atoms with Gasteiger partial charge in [0.15, 0.2) is 0 Å². The van der Waals surface area contributed by atoms with Gasteiger partial charge in [-0.2, -0.15) is 13.2 Å². The summed E-state index contributed by atoms with van der Waals surface area (Å²) in [5.74, 6) is 0.992. The zero-order valence-electron chi connectivity index (χ0n) is 20.9. The van der Waals surface area contributed by atoms with Gasteiger partial charge in [0.2, 0.25) is 5.91 Å². The fourth-order valence-corrected chi connectivity index (χ4v) is 4.91. The molecule has 0 unspecified atom stereocenters. The van der Waals surface area contributed by atoms with Gasteiger partial charge in [0.25, 0.3) is 0 Å². The Morgan fingerprint density at radius 1 is 1.14 bits per heavy atom. The largest absolute Gasteiger partial charge is 0.416 e. The van der Waals surface area contributed by atoms with Crippen molar-refractivity contribution in [2.24, 2.45) is 5.92 Å². The molecule has 2 aromatic carbocycles. The maximum absolute atomic E-state index is 13.2. The molecular formula is C27H31F3N4O2. The first-order valence-electron chi connectivity index (χ1n) is 12.0. The van der Waals surface area contributed by atoms with Crippen molar-refractivity contribution in [2.45, 2.75) is 57.3 Å². The summed E-state index contributed by atoms with van der Waals surface area (Å²) in [4.78, 5) is 23.0. The van der Waals surface area contributed by atoms with Gasteiger partial charge in [-0.3, -0.25) is 4.79 Å². The molecule has 6 nitrogen and oxygen atoms in total. The molecule has 1 aliphatic carbocycles. The molecule has 1 amide bonds. The lowest BCUT2D eigenvalue weighted by Gasteiger charge is -2.36. The molecule has 4 rings (SSSR count). The Morgan fingerprint density at radius 2 is 1.83 bits per heavy atom. The minimum atomic E-state index is -4.42. The summed E-state index contributed by atoms with van der Waals surface area (Å²) < 4.78 is 39.6. The number of hydrogen-bond acceptors (Lipinski definition) is 5. The minimum Gasteiger partial charge on any atom is -0.385 e. The van der Waals surface area contributed by atoms with Crippen molar-refractivity contribution in [3.8, 4) is 0 Å². The molecule has 3 aromatic rings. The van der Waals surface area contributed by atoms with E-state index in [0.717, 1.165) is 12.1 Å². The number of aliphatic hydroxyl groups is 1. The Bertz CT molecular complexity index is 1270. The van der Waals surface area contributed by atoms with Crippen molar-refractivity contribution in [1.82, 2.24) is 14.9 Å². The second-order valence-electron chi connectivity index (χ2n) is 9.88. The highest BCUT2D eigenvalue weighted by Gasteiger charge is 2.38. The van der Waals surface area contributed by atoms with Crippen LogP contribution in [0.1, 0.15) is 61.2 Å². The molecule has 36 heavy (non-hydrogen) atoms. The van der Waals surface area contributed by atoms with Crippen LogP contribution in [0.3, 0.4) is 0 Å². The van der Waals surface area contributed by atoms with Gasteiger partial charge >= 0.3 is 6.18 Å². The normalized spacial score (nSPS) is 21.3. The third-order valence-electron chi connectivity index (χ3n) is 7.01. The summed E-state index contributed by atoms with van der Waals surface area (Å²) in [5, 5.41) is 15.4. The molecule has 1 atom stereocenters. The lowest BCUT2D eigenvalue weighted by atomic mass is 9.74. The van der Waals surface area contributed by atoms with Crippen LogP contribution < -0.4 is 5.32 Å². The minimum absolute atomic E-state index is 0.0782. The Labute approximate surface area is 208 Å². The van der Waals surface area contributed by atoms with Gasteiger partial charge in [-0.1, -0.05) is 18.2 Å². The van der Waals surface area contributed by atoms with E-state index in [1.165, 1.54) is 6.07 Å². The van der Waals surface area contributed by atoms with Crippen molar-refractivity contribution < 1.29 is 23.1 Å². The van der Waals surface area contributed by atoms with E-state index in [0.29, 0.717) is 59.4 Å². The molecule has 192 valence electrons. The van der Waals surface area contributed by atoms with E-state index < -0.39 is 23.4 Å². The van der Waals surface area contributed by atoms with Crippen molar-refractivity contribution in [3.05, 3.63) is 65.0 Å². The standard InChI is InChI=1S/C27H31F3N4O2/c1-16(19-6-5-7-21(14-19)27(28,29)30)31-24-22-15-20(8-9-23(22)32-17(2)33-24)26(36)12-10-18(11-13-26)25(35)34(3)4/h5-9,14-16,18,36H,10-13H2,1-4H3,(H,31,32,33)/t16-,18-,26-/m1/s1. The van der Waals surface area contributed by atoms with Gasteiger partial charge in [-0.25, -0.2) is 9.97 Å². The number of aromatic nitrogens is 2. The molecule has 0 aliphatic heterocycles. The van der Waals surface area contributed by atoms with Crippen LogP contribution in [0, 0.1) is 12.8 Å². The monoisotopic (exact) mass is 500 g/mol. The number of nitrogens with zero attached hydrogens (tertiary/aromatic N) is 3. The number of nitrogens with one attached hydrogen (secondary N) is 1. The van der Waals surface area contributed by atoms with E-state index in [4.69, 9.17) is 0 Å². The van der Waals surface area contributed by atoms with Gasteiger partial charge in [-0.15, -0.1) is 0 Å². The maximum Gasteiger partial charge on any atom is 0.416 e. The Kier molecular flexibility index (Phi) is 6.96. The van der Waals surface area contributed by atoms with E-state index in [1.807, 2.05) is 18.2 Å². The van der Waals surface area contributed by atoms with E-state index in [1.54, 1.807) is 38.9 Å². The highest BCUT2D eigenvalue weighted by atomic mass is 19.4. The molecular weight excluding hydrogens is 469 g/mol. The summed E-state index contributed by atoms with van der Waals surface area (Å²) in [6.45, 7) is 3.53. The van der Waals surface area contributed by atoms with Crippen LogP contribution in [0.4, 0.5) is 19.0 Å². The summed E-state index contributed by atoms with van der Waals surface area (Å²) in [6, 6.07) is 10.3. The number of fused-ring (bicyclic) bond motifs is 1. The second kappa shape index (κ2) is 9.69. The first-order valence-corrected chi connectivity index (χ1v) is 12.0. The number of amides is 1. The number of alkyl halides is 3. The molecule has 0 saturated heterocycles. The number of anilines is 1. The summed E-state index contributed by atoms with van der Waals surface area (Å²) in [5.41, 5.74) is 0.0858. The number of halogens is 3. The Morgan fingerprint density at radius 3 is 2.47 bits per heavy atom. The lowest BCUT2D eigenvalue weighted by Crippen LogP contribution is -2.37. The number of rotatable bonds is 5. The molecule has 1 aromatic heterocycles. The molecule has 0 radical (unpaired) electrons. The maximum atomic E-state index is 13.2. The molecule has 0 bridgehead atoms. The van der Waals surface area contributed by atoms with Crippen LogP contribution >= 0.6 is 0 Å². The second-order valence-corrected chi connectivity index (χ2v) is 9.88. The SMILES string of the molecule is Cc1nc(N[C@H](C)c2cccc(C(F)(F)F)c2)c2cc([C@]3(O)CC[C@H](C(=O)N(C)C)CC3)ccc2n1. The van der Waals surface area contributed by atoms with Gasteiger partial charge in [-0.05, 0) is 74.9 Å². The smallest absolute Gasteiger partial charge is 0.385 e. The fraction of sp³-hybridized carbons (Fsp3) is 0.444. The molecule has 1 saturated carbocycles. The fourth-order valence-electron chi connectivity index (χ4n) is 4.91. The number of hydrogen-bond donors (Lipinski definition) is 2. The van der Waals surface area contributed by atoms with Crippen molar-refractivity contribution in [3.63, 3.8) is 0 Å². The molecule has 1 heterocycles. The van der Waals surface area contributed by atoms with Crippen LogP contribution in [0.25, 0.3) is 10.9 Å². The average molecular weight is 501 g/mol. The van der Waals surface area contributed by atoms with Crippen molar-refractivity contribution >= 4 is 22.6 Å². The summed E-state index contributed by atoms with van der Waals surface area (Å²) in [7, 11) is 3.48. The van der Waals surface area contributed by atoms with E-state index >= 15 is 0 Å². The van der Waals surface area contributed by atoms with Crippen molar-refractivity contribution in [2.75, 3.05) is 19.4 Å². The lowest BCUT2D eigenvalue weighted by molar-refractivity contribution is -0.138. The van der Waals surface area contributed by atoms with Crippen molar-refractivity contribution in [1.29, 1.82) is 0 Å². The van der Waals surface area contributed by atoms with Crippen LogP contribution in [0.15, 0.2) is 42.5 Å². The zero-order chi connectivity index (χ0) is 26.3. The van der Waals surface area contributed by atoms with Gasteiger partial charge in [0, 0.05) is 31.4 Å². The third-order valence-corrected chi connectivity index (χ3v) is 7.01. The first-order chi connectivity index (χ1) is 16.9. The van der Waals surface area contributed by atoms with Crippen LogP contribution in [0.2, 0.25) is 0 Å². The van der Waals surface area contributed by atoms with Gasteiger partial charge in [0.05, 0.1) is 16.7 Å². The highest BCUT2D eigenvalue weighted by Crippen LogP contribution is 2.41. The number of benzene rings is 2. The summed E-state index contributed by atoms with van der Waals surface area (Å²) in [6.07, 6.45) is -2.33. The van der Waals surface area contributed by atoms with Gasteiger partial charge in [0.1, 0.15) is 11.6 Å². The molecule has 1 fully saturated rings. The number of carbonyl (C=O) groups is 1. The van der Waals surface area contributed by atoms with Crippen LogP contribution in [-0.2, 0) is 16.6 Å². The van der Waals surface area contributed by atoms with Crippen LogP contribution in [0.5, 0.6) is 0 Å². The van der Waals surface area contributed by atoms with E-state index in [-0.39, 0.29) is 11.8 Å². The van der Waals surface area contributed by atoms with E-state index in [9.17, 15) is 23.1 Å². The van der Waals surface area contributed by atoms with Gasteiger partial charge < -0.3 is 15.3 Å². The quantitative estimate of drug-likeness (QED) is 0.477.